The van der Waals surface area contributed by atoms with Crippen molar-refractivity contribution in [3.8, 4) is 0 Å². The van der Waals surface area contributed by atoms with Crippen LogP contribution in [0.25, 0.3) is 0 Å². The number of hydrogen-bond donors (Lipinski definition) is 2. The van der Waals surface area contributed by atoms with E-state index in [9.17, 15) is 13.2 Å². The Morgan fingerprint density at radius 3 is 2.61 bits per heavy atom. The van der Waals surface area contributed by atoms with Gasteiger partial charge >= 0.3 is 6.18 Å². The summed E-state index contributed by atoms with van der Waals surface area (Å²) in [6, 6.07) is 2.37. The fraction of sp³-hybridized carbons (Fsp3) is 0.583. The van der Waals surface area contributed by atoms with Crippen molar-refractivity contribution in [2.45, 2.75) is 43.9 Å². The van der Waals surface area contributed by atoms with Crippen molar-refractivity contribution in [1.29, 1.82) is 0 Å². The Kier molecular flexibility index (Phi) is 3.23. The van der Waals surface area contributed by atoms with Gasteiger partial charge in [-0.25, -0.2) is 4.98 Å². The topological polar surface area (TPSA) is 50.9 Å². The van der Waals surface area contributed by atoms with Crippen LogP contribution in [0.15, 0.2) is 18.3 Å². The SMILES string of the molecule is CC1(Nc2ccc(C(F)(F)F)cn2)CCCC1N. The Morgan fingerprint density at radius 1 is 1.44 bits per heavy atom. The average molecular weight is 259 g/mol. The number of alkyl halides is 3. The Hall–Kier alpha value is -1.30. The molecule has 6 heteroatoms. The molecule has 2 unspecified atom stereocenters. The van der Waals surface area contributed by atoms with E-state index in [1.165, 1.54) is 6.07 Å². The van der Waals surface area contributed by atoms with E-state index >= 15 is 0 Å². The Labute approximate surface area is 104 Å². The van der Waals surface area contributed by atoms with E-state index in [-0.39, 0.29) is 11.6 Å². The molecule has 2 atom stereocenters. The van der Waals surface area contributed by atoms with Gasteiger partial charge in [-0.05, 0) is 38.3 Å². The monoisotopic (exact) mass is 259 g/mol. The first-order valence-corrected chi connectivity index (χ1v) is 5.88. The fourth-order valence-corrected chi connectivity index (χ4v) is 2.28. The first kappa shape index (κ1) is 13.1. The number of nitrogens with two attached hydrogens (primary N) is 1. The predicted molar refractivity (Wildman–Crippen MR) is 63.1 cm³/mol. The fourth-order valence-electron chi connectivity index (χ4n) is 2.28. The molecule has 3 N–H and O–H groups in total. The maximum atomic E-state index is 12.4. The molecule has 100 valence electrons. The molecular formula is C12H16F3N3. The van der Waals surface area contributed by atoms with E-state index in [1.807, 2.05) is 6.92 Å². The van der Waals surface area contributed by atoms with E-state index in [1.54, 1.807) is 0 Å². The number of aromatic nitrogens is 1. The normalized spacial score (nSPS) is 28.4. The maximum absolute atomic E-state index is 12.4. The van der Waals surface area contributed by atoms with Crippen LogP contribution in [-0.2, 0) is 6.18 Å². The van der Waals surface area contributed by atoms with Gasteiger partial charge in [0, 0.05) is 12.2 Å². The Bertz CT molecular complexity index is 416. The molecule has 0 bridgehead atoms. The van der Waals surface area contributed by atoms with Gasteiger partial charge in [-0.1, -0.05) is 0 Å². The molecule has 1 aromatic heterocycles. The van der Waals surface area contributed by atoms with Gasteiger partial charge in [-0.3, -0.25) is 0 Å². The second-order valence-corrected chi connectivity index (χ2v) is 4.97. The largest absolute Gasteiger partial charge is 0.417 e. The summed E-state index contributed by atoms with van der Waals surface area (Å²) in [5, 5.41) is 3.14. The molecule has 3 nitrogen and oxygen atoms in total. The summed E-state index contributed by atoms with van der Waals surface area (Å²) in [5.74, 6) is 0.433. The van der Waals surface area contributed by atoms with E-state index in [4.69, 9.17) is 5.73 Å². The standard InChI is InChI=1S/C12H16F3N3/c1-11(6-2-3-9(11)16)18-10-5-4-8(7-17-10)12(13,14)15/h4-5,7,9H,2-3,6,16H2,1H3,(H,17,18). The maximum Gasteiger partial charge on any atom is 0.417 e. The third-order valence-corrected chi connectivity index (χ3v) is 3.53. The van der Waals surface area contributed by atoms with Crippen molar-refractivity contribution in [3.63, 3.8) is 0 Å². The van der Waals surface area contributed by atoms with E-state index in [2.05, 4.69) is 10.3 Å². The van der Waals surface area contributed by atoms with Crippen LogP contribution in [0, 0.1) is 0 Å². The van der Waals surface area contributed by atoms with Crippen molar-refractivity contribution >= 4 is 5.82 Å². The van der Waals surface area contributed by atoms with Crippen LogP contribution < -0.4 is 11.1 Å². The molecule has 1 fully saturated rings. The summed E-state index contributed by atoms with van der Waals surface area (Å²) in [5.41, 5.74) is 4.96. The average Bonchev–Trinajstić information content (AvgIpc) is 2.58. The highest BCUT2D eigenvalue weighted by molar-refractivity contribution is 5.40. The minimum absolute atomic E-state index is 0.00147. The Balaban J connectivity index is 2.11. The van der Waals surface area contributed by atoms with Gasteiger partial charge in [0.2, 0.25) is 0 Å². The summed E-state index contributed by atoms with van der Waals surface area (Å²) >= 11 is 0. The zero-order valence-corrected chi connectivity index (χ0v) is 10.1. The third-order valence-electron chi connectivity index (χ3n) is 3.53. The van der Waals surface area contributed by atoms with Crippen LogP contribution in [-0.4, -0.2) is 16.6 Å². The third kappa shape index (κ3) is 2.58. The number of halogens is 3. The van der Waals surface area contributed by atoms with Crippen molar-refractivity contribution in [1.82, 2.24) is 4.98 Å². The second kappa shape index (κ2) is 4.42. The number of nitrogens with zero attached hydrogens (tertiary/aromatic N) is 1. The van der Waals surface area contributed by atoms with Gasteiger partial charge in [0.05, 0.1) is 11.1 Å². The number of rotatable bonds is 2. The molecule has 0 amide bonds. The molecule has 1 saturated carbocycles. The van der Waals surface area contributed by atoms with Crippen molar-refractivity contribution in [2.24, 2.45) is 5.73 Å². The molecule has 1 aliphatic rings. The van der Waals surface area contributed by atoms with Crippen LogP contribution in [0.2, 0.25) is 0 Å². The minimum Gasteiger partial charge on any atom is -0.363 e. The van der Waals surface area contributed by atoms with Crippen LogP contribution in [0.5, 0.6) is 0 Å². The summed E-state index contributed by atoms with van der Waals surface area (Å²) in [6.07, 6.45) is -0.669. The lowest BCUT2D eigenvalue weighted by molar-refractivity contribution is -0.137. The summed E-state index contributed by atoms with van der Waals surface area (Å²) in [7, 11) is 0. The zero-order valence-electron chi connectivity index (χ0n) is 10.1. The molecule has 0 radical (unpaired) electrons. The molecule has 1 aromatic rings. The molecule has 0 spiro atoms. The van der Waals surface area contributed by atoms with Crippen molar-refractivity contribution < 1.29 is 13.2 Å². The van der Waals surface area contributed by atoms with Gasteiger partial charge < -0.3 is 11.1 Å². The first-order chi connectivity index (χ1) is 8.31. The van der Waals surface area contributed by atoms with Gasteiger partial charge in [0.15, 0.2) is 0 Å². The lowest BCUT2D eigenvalue weighted by Crippen LogP contribution is -2.47. The van der Waals surface area contributed by atoms with Crippen molar-refractivity contribution in [3.05, 3.63) is 23.9 Å². The molecule has 0 aromatic carbocycles. The molecule has 2 rings (SSSR count). The second-order valence-electron chi connectivity index (χ2n) is 4.97. The highest BCUT2D eigenvalue weighted by Gasteiger charge is 2.37. The molecule has 18 heavy (non-hydrogen) atoms. The first-order valence-electron chi connectivity index (χ1n) is 5.88. The summed E-state index contributed by atoms with van der Waals surface area (Å²) in [6.45, 7) is 1.98. The number of hydrogen-bond acceptors (Lipinski definition) is 3. The van der Waals surface area contributed by atoms with Crippen molar-refractivity contribution in [2.75, 3.05) is 5.32 Å². The summed E-state index contributed by atoms with van der Waals surface area (Å²) < 4.78 is 37.1. The molecule has 1 aliphatic carbocycles. The van der Waals surface area contributed by atoms with Gasteiger partial charge in [0.25, 0.3) is 0 Å². The van der Waals surface area contributed by atoms with Gasteiger partial charge in [0.1, 0.15) is 5.82 Å². The highest BCUT2D eigenvalue weighted by atomic mass is 19.4. The van der Waals surface area contributed by atoms with E-state index < -0.39 is 11.7 Å². The van der Waals surface area contributed by atoms with E-state index in [0.717, 1.165) is 31.5 Å². The Morgan fingerprint density at radius 2 is 2.17 bits per heavy atom. The van der Waals surface area contributed by atoms with Gasteiger partial charge in [-0.15, -0.1) is 0 Å². The van der Waals surface area contributed by atoms with Crippen LogP contribution in [0.3, 0.4) is 0 Å². The van der Waals surface area contributed by atoms with Crippen LogP contribution in [0.4, 0.5) is 19.0 Å². The smallest absolute Gasteiger partial charge is 0.363 e. The van der Waals surface area contributed by atoms with Crippen LogP contribution in [0.1, 0.15) is 31.7 Å². The quantitative estimate of drug-likeness (QED) is 0.858. The molecular weight excluding hydrogens is 243 g/mol. The number of pyridine rings is 1. The van der Waals surface area contributed by atoms with Gasteiger partial charge in [-0.2, -0.15) is 13.2 Å². The lowest BCUT2D eigenvalue weighted by atomic mass is 9.96. The highest BCUT2D eigenvalue weighted by Crippen LogP contribution is 2.32. The van der Waals surface area contributed by atoms with Crippen LogP contribution >= 0.6 is 0 Å². The lowest BCUT2D eigenvalue weighted by Gasteiger charge is -2.31. The molecule has 0 aliphatic heterocycles. The number of anilines is 1. The van der Waals surface area contributed by atoms with E-state index in [0.29, 0.717) is 5.82 Å². The number of nitrogens with one attached hydrogen (secondary N) is 1. The zero-order chi connectivity index (χ0) is 13.4. The predicted octanol–water partition coefficient (Wildman–Crippen LogP) is 2.78. The molecule has 1 heterocycles. The summed E-state index contributed by atoms with van der Waals surface area (Å²) in [4.78, 5) is 3.80. The molecule has 0 saturated heterocycles. The minimum atomic E-state index is -4.35.